The van der Waals surface area contributed by atoms with Crippen LogP contribution in [0.5, 0.6) is 0 Å². The van der Waals surface area contributed by atoms with Crippen molar-refractivity contribution in [3.63, 3.8) is 0 Å². The highest BCUT2D eigenvalue weighted by Gasteiger charge is 2.08. The molecule has 0 radical (unpaired) electrons. The van der Waals surface area contributed by atoms with Crippen molar-refractivity contribution in [1.82, 2.24) is 4.90 Å². The Kier molecular flexibility index (Phi) is 9.11. The lowest BCUT2D eigenvalue weighted by atomic mass is 10.3. The van der Waals surface area contributed by atoms with Crippen LogP contribution in [0.15, 0.2) is 12.7 Å². The minimum absolute atomic E-state index is 0.0632. The van der Waals surface area contributed by atoms with Gasteiger partial charge in [0.25, 0.3) is 0 Å². The second kappa shape index (κ2) is 9.87. The third-order valence-corrected chi connectivity index (χ3v) is 2.27. The van der Waals surface area contributed by atoms with Gasteiger partial charge in [-0.1, -0.05) is 20.4 Å². The van der Waals surface area contributed by atoms with Gasteiger partial charge in [-0.25, -0.2) is 0 Å². The molecule has 0 saturated heterocycles. The summed E-state index contributed by atoms with van der Waals surface area (Å²) in [4.78, 5) is 24.2. The second-order valence-corrected chi connectivity index (χ2v) is 3.85. The molecule has 0 saturated carbocycles. The molecular formula is C13H23NO3. The van der Waals surface area contributed by atoms with Crippen LogP contribution in [0.1, 0.15) is 39.5 Å². The van der Waals surface area contributed by atoms with Crippen molar-refractivity contribution in [2.24, 2.45) is 0 Å². The molecule has 0 heterocycles. The molecule has 0 bridgehead atoms. The van der Waals surface area contributed by atoms with E-state index in [1.807, 2.05) is 13.8 Å². The predicted octanol–water partition coefficient (Wildman–Crippen LogP) is 2.14. The molecule has 17 heavy (non-hydrogen) atoms. The Hall–Kier alpha value is -1.32. The summed E-state index contributed by atoms with van der Waals surface area (Å²) in [5.74, 6) is -0.226. The number of amides is 1. The molecule has 0 aliphatic heterocycles. The van der Waals surface area contributed by atoms with Crippen molar-refractivity contribution in [2.75, 3.05) is 19.7 Å². The van der Waals surface area contributed by atoms with Crippen molar-refractivity contribution in [3.8, 4) is 0 Å². The first-order chi connectivity index (χ1) is 8.15. The average molecular weight is 241 g/mol. The zero-order chi connectivity index (χ0) is 13.1. The number of hydrogen-bond donors (Lipinski definition) is 0. The van der Waals surface area contributed by atoms with Crippen LogP contribution in [-0.2, 0) is 14.3 Å². The van der Waals surface area contributed by atoms with Crippen molar-refractivity contribution < 1.29 is 14.3 Å². The summed E-state index contributed by atoms with van der Waals surface area (Å²) in [6.07, 6.45) is 4.17. The molecule has 0 N–H and O–H groups in total. The Bertz CT molecular complexity index is 251. The maximum atomic E-state index is 11.4. The standard InChI is InChI=1S/C13H23NO3/c1-4-8-13(16)17-11-7-10-14(9-5-2)12(15)6-3/h6H,3-5,7-11H2,1-2H3. The number of hydrogen-bond acceptors (Lipinski definition) is 3. The first-order valence-corrected chi connectivity index (χ1v) is 6.22. The van der Waals surface area contributed by atoms with Crippen molar-refractivity contribution in [2.45, 2.75) is 39.5 Å². The van der Waals surface area contributed by atoms with Crippen LogP contribution in [-0.4, -0.2) is 36.5 Å². The van der Waals surface area contributed by atoms with Gasteiger partial charge in [0, 0.05) is 19.5 Å². The zero-order valence-electron chi connectivity index (χ0n) is 10.9. The number of carbonyl (C=O) groups is 2. The van der Waals surface area contributed by atoms with E-state index in [2.05, 4.69) is 6.58 Å². The molecule has 0 aromatic rings. The lowest BCUT2D eigenvalue weighted by molar-refractivity contribution is -0.143. The van der Waals surface area contributed by atoms with Crippen LogP contribution >= 0.6 is 0 Å². The Labute approximate surface area is 104 Å². The van der Waals surface area contributed by atoms with E-state index < -0.39 is 0 Å². The fraction of sp³-hybridized carbons (Fsp3) is 0.692. The largest absolute Gasteiger partial charge is 0.466 e. The first-order valence-electron chi connectivity index (χ1n) is 6.22. The SMILES string of the molecule is C=CC(=O)N(CCC)CCCOC(=O)CCC. The third-order valence-electron chi connectivity index (χ3n) is 2.27. The topological polar surface area (TPSA) is 46.6 Å². The smallest absolute Gasteiger partial charge is 0.305 e. The third kappa shape index (κ3) is 7.55. The van der Waals surface area contributed by atoms with Gasteiger partial charge in [0.15, 0.2) is 0 Å². The van der Waals surface area contributed by atoms with Crippen LogP contribution in [0.3, 0.4) is 0 Å². The van der Waals surface area contributed by atoms with E-state index in [-0.39, 0.29) is 11.9 Å². The maximum Gasteiger partial charge on any atom is 0.305 e. The molecule has 1 amide bonds. The molecule has 0 aromatic heterocycles. The van der Waals surface area contributed by atoms with Gasteiger partial charge in [-0.3, -0.25) is 9.59 Å². The Morgan fingerprint density at radius 2 is 1.94 bits per heavy atom. The molecule has 0 fully saturated rings. The molecule has 98 valence electrons. The van der Waals surface area contributed by atoms with Crippen LogP contribution in [0.4, 0.5) is 0 Å². The summed E-state index contributed by atoms with van der Waals surface area (Å²) < 4.78 is 5.02. The average Bonchev–Trinajstić information content (AvgIpc) is 2.32. The summed E-state index contributed by atoms with van der Waals surface area (Å²) in [5.41, 5.74) is 0. The van der Waals surface area contributed by atoms with E-state index >= 15 is 0 Å². The van der Waals surface area contributed by atoms with Crippen molar-refractivity contribution >= 4 is 11.9 Å². The van der Waals surface area contributed by atoms with E-state index in [4.69, 9.17) is 4.74 Å². The lowest BCUT2D eigenvalue weighted by Gasteiger charge is -2.20. The molecule has 0 spiro atoms. The first kappa shape index (κ1) is 15.7. The molecule has 0 aromatic carbocycles. The monoisotopic (exact) mass is 241 g/mol. The summed E-state index contributed by atoms with van der Waals surface area (Å²) in [7, 11) is 0. The van der Waals surface area contributed by atoms with Crippen LogP contribution in [0.25, 0.3) is 0 Å². The van der Waals surface area contributed by atoms with Crippen LogP contribution in [0.2, 0.25) is 0 Å². The van der Waals surface area contributed by atoms with Gasteiger partial charge in [-0.15, -0.1) is 0 Å². The minimum atomic E-state index is -0.162. The van der Waals surface area contributed by atoms with Gasteiger partial charge in [0.2, 0.25) is 5.91 Å². The Morgan fingerprint density at radius 3 is 2.47 bits per heavy atom. The predicted molar refractivity (Wildman–Crippen MR) is 67.6 cm³/mol. The van der Waals surface area contributed by atoms with Crippen LogP contribution < -0.4 is 0 Å². The maximum absolute atomic E-state index is 11.4. The number of carbonyl (C=O) groups excluding carboxylic acids is 2. The van der Waals surface area contributed by atoms with Gasteiger partial charge in [0.05, 0.1) is 6.61 Å². The number of ether oxygens (including phenoxy) is 1. The molecule has 0 atom stereocenters. The van der Waals surface area contributed by atoms with Crippen molar-refractivity contribution in [3.05, 3.63) is 12.7 Å². The molecule has 0 aliphatic carbocycles. The van der Waals surface area contributed by atoms with Gasteiger partial charge in [-0.05, 0) is 25.3 Å². The fourth-order valence-electron chi connectivity index (χ4n) is 1.45. The molecule has 4 nitrogen and oxygen atoms in total. The number of esters is 1. The molecule has 4 heteroatoms. The van der Waals surface area contributed by atoms with E-state index in [1.165, 1.54) is 6.08 Å². The number of rotatable bonds is 9. The van der Waals surface area contributed by atoms with Gasteiger partial charge in [-0.2, -0.15) is 0 Å². The zero-order valence-corrected chi connectivity index (χ0v) is 10.9. The highest BCUT2D eigenvalue weighted by Crippen LogP contribution is 1.98. The summed E-state index contributed by atoms with van der Waals surface area (Å²) >= 11 is 0. The van der Waals surface area contributed by atoms with Gasteiger partial charge < -0.3 is 9.64 Å². The minimum Gasteiger partial charge on any atom is -0.466 e. The fourth-order valence-corrected chi connectivity index (χ4v) is 1.45. The van der Waals surface area contributed by atoms with E-state index in [9.17, 15) is 9.59 Å². The Balaban J connectivity index is 3.78. The number of nitrogens with zero attached hydrogens (tertiary/aromatic N) is 1. The quantitative estimate of drug-likeness (QED) is 0.353. The normalized spacial score (nSPS) is 9.76. The molecular weight excluding hydrogens is 218 g/mol. The highest BCUT2D eigenvalue weighted by molar-refractivity contribution is 5.86. The Morgan fingerprint density at radius 1 is 1.24 bits per heavy atom. The molecule has 0 unspecified atom stereocenters. The van der Waals surface area contributed by atoms with Crippen LogP contribution in [0, 0.1) is 0 Å². The highest BCUT2D eigenvalue weighted by atomic mass is 16.5. The summed E-state index contributed by atoms with van der Waals surface area (Å²) in [5, 5.41) is 0. The lowest BCUT2D eigenvalue weighted by Crippen LogP contribution is -2.31. The van der Waals surface area contributed by atoms with E-state index in [0.29, 0.717) is 32.5 Å². The second-order valence-electron chi connectivity index (χ2n) is 3.85. The van der Waals surface area contributed by atoms with E-state index in [1.54, 1.807) is 4.90 Å². The van der Waals surface area contributed by atoms with E-state index in [0.717, 1.165) is 12.8 Å². The summed E-state index contributed by atoms with van der Waals surface area (Å²) in [6.45, 7) is 9.13. The van der Waals surface area contributed by atoms with Gasteiger partial charge >= 0.3 is 5.97 Å². The molecule has 0 rings (SSSR count). The van der Waals surface area contributed by atoms with Crippen molar-refractivity contribution in [1.29, 1.82) is 0 Å². The van der Waals surface area contributed by atoms with Gasteiger partial charge in [0.1, 0.15) is 0 Å². The molecule has 0 aliphatic rings. The summed E-state index contributed by atoms with van der Waals surface area (Å²) in [6, 6.07) is 0.